The Kier molecular flexibility index (Phi) is 4.87. The van der Waals surface area contributed by atoms with Crippen LogP contribution in [0.1, 0.15) is 6.42 Å². The average molecular weight is 340 g/mol. The predicted octanol–water partition coefficient (Wildman–Crippen LogP) is 2.13. The zero-order chi connectivity index (χ0) is 12.1. The van der Waals surface area contributed by atoms with Gasteiger partial charge in [-0.2, -0.15) is 0 Å². The second-order valence-electron chi connectivity index (χ2n) is 3.04. The quantitative estimate of drug-likeness (QED) is 0.373. The van der Waals surface area contributed by atoms with E-state index in [0.717, 1.165) is 6.07 Å². The van der Waals surface area contributed by atoms with Crippen LogP contribution in [-0.4, -0.2) is 23.2 Å². The Labute approximate surface area is 105 Å². The molecule has 7 heteroatoms. The first kappa shape index (κ1) is 13.1. The maximum absolute atomic E-state index is 13.2. The van der Waals surface area contributed by atoms with E-state index in [9.17, 15) is 14.5 Å². The molecule has 1 rings (SSSR count). The molecule has 0 aliphatic carbocycles. The lowest BCUT2D eigenvalue weighted by Crippen LogP contribution is -2.06. The van der Waals surface area contributed by atoms with E-state index in [-0.39, 0.29) is 21.6 Å². The summed E-state index contributed by atoms with van der Waals surface area (Å²) in [5, 5.41) is 22.0. The van der Waals surface area contributed by atoms with E-state index in [1.165, 1.54) is 6.07 Å². The standard InChI is InChI=1S/C9H10FIN2O3/c10-6-4-8(12-2-1-3-14)9(13(15)16)5-7(6)11/h4-5,12,14H,1-3H2. The minimum Gasteiger partial charge on any atom is -0.396 e. The Morgan fingerprint density at radius 3 is 2.81 bits per heavy atom. The zero-order valence-corrected chi connectivity index (χ0v) is 10.4. The van der Waals surface area contributed by atoms with Gasteiger partial charge in [0.15, 0.2) is 0 Å². The Morgan fingerprint density at radius 1 is 1.56 bits per heavy atom. The first-order valence-electron chi connectivity index (χ1n) is 4.54. The number of halogens is 2. The van der Waals surface area contributed by atoms with Crippen LogP contribution in [0.2, 0.25) is 0 Å². The summed E-state index contributed by atoms with van der Waals surface area (Å²) in [7, 11) is 0. The van der Waals surface area contributed by atoms with E-state index < -0.39 is 10.7 Å². The molecule has 5 nitrogen and oxygen atoms in total. The molecule has 0 amide bonds. The van der Waals surface area contributed by atoms with Crippen molar-refractivity contribution in [1.82, 2.24) is 0 Å². The highest BCUT2D eigenvalue weighted by molar-refractivity contribution is 14.1. The van der Waals surface area contributed by atoms with Gasteiger partial charge in [0, 0.05) is 25.3 Å². The second-order valence-corrected chi connectivity index (χ2v) is 4.21. The molecule has 0 aliphatic heterocycles. The molecule has 0 radical (unpaired) electrons. The first-order valence-corrected chi connectivity index (χ1v) is 5.62. The number of hydrogen-bond acceptors (Lipinski definition) is 4. The Bertz CT molecular complexity index is 401. The van der Waals surface area contributed by atoms with Crippen molar-refractivity contribution >= 4 is 34.0 Å². The number of benzene rings is 1. The van der Waals surface area contributed by atoms with Crippen LogP contribution in [0.5, 0.6) is 0 Å². The molecule has 2 N–H and O–H groups in total. The van der Waals surface area contributed by atoms with Gasteiger partial charge in [-0.15, -0.1) is 0 Å². The Balaban J connectivity index is 2.95. The molecular formula is C9H10FIN2O3. The fraction of sp³-hybridized carbons (Fsp3) is 0.333. The van der Waals surface area contributed by atoms with Crippen LogP contribution >= 0.6 is 22.6 Å². The van der Waals surface area contributed by atoms with Gasteiger partial charge in [-0.3, -0.25) is 10.1 Å². The summed E-state index contributed by atoms with van der Waals surface area (Å²) >= 11 is 1.70. The molecule has 0 aromatic heterocycles. The summed E-state index contributed by atoms with van der Waals surface area (Å²) < 4.78 is 13.4. The number of aliphatic hydroxyl groups excluding tert-OH is 1. The molecule has 0 unspecified atom stereocenters. The van der Waals surface area contributed by atoms with Gasteiger partial charge >= 0.3 is 0 Å². The van der Waals surface area contributed by atoms with Gasteiger partial charge in [-0.1, -0.05) is 0 Å². The molecule has 0 bridgehead atoms. The monoisotopic (exact) mass is 340 g/mol. The summed E-state index contributed by atoms with van der Waals surface area (Å²) in [6, 6.07) is 2.27. The summed E-state index contributed by atoms with van der Waals surface area (Å²) in [5.41, 5.74) is -0.0277. The third kappa shape index (κ3) is 3.27. The number of aliphatic hydroxyl groups is 1. The normalized spacial score (nSPS) is 10.2. The molecule has 88 valence electrons. The van der Waals surface area contributed by atoms with Gasteiger partial charge in [-0.05, 0) is 29.0 Å². The largest absolute Gasteiger partial charge is 0.396 e. The van der Waals surface area contributed by atoms with E-state index in [0.29, 0.717) is 13.0 Å². The average Bonchev–Trinajstić information content (AvgIpc) is 2.23. The number of nitro groups is 1. The summed E-state index contributed by atoms with van der Waals surface area (Å²) in [4.78, 5) is 10.1. The van der Waals surface area contributed by atoms with Crippen molar-refractivity contribution in [3.63, 3.8) is 0 Å². The van der Waals surface area contributed by atoms with E-state index in [1.807, 2.05) is 0 Å². The molecule has 0 atom stereocenters. The second kappa shape index (κ2) is 5.94. The Hall–Kier alpha value is -0.960. The minimum absolute atomic E-state index is 0.0202. The molecule has 0 aliphatic rings. The number of rotatable bonds is 5. The van der Waals surface area contributed by atoms with Crippen molar-refractivity contribution in [1.29, 1.82) is 0 Å². The van der Waals surface area contributed by atoms with E-state index in [1.54, 1.807) is 22.6 Å². The number of nitro benzene ring substituents is 1. The van der Waals surface area contributed by atoms with Gasteiger partial charge in [0.05, 0.1) is 8.49 Å². The number of anilines is 1. The maximum atomic E-state index is 13.2. The van der Waals surface area contributed by atoms with Crippen molar-refractivity contribution in [3.05, 3.63) is 31.6 Å². The lowest BCUT2D eigenvalue weighted by atomic mass is 10.2. The van der Waals surface area contributed by atoms with Gasteiger partial charge in [0.25, 0.3) is 5.69 Å². The fourth-order valence-corrected chi connectivity index (χ4v) is 1.58. The molecule has 1 aromatic rings. The third-order valence-corrected chi connectivity index (χ3v) is 2.71. The molecule has 0 saturated heterocycles. The van der Waals surface area contributed by atoms with E-state index in [2.05, 4.69) is 5.32 Å². The first-order chi connectivity index (χ1) is 7.56. The number of nitrogens with zero attached hydrogens (tertiary/aromatic N) is 1. The SMILES string of the molecule is O=[N+]([O-])c1cc(I)c(F)cc1NCCCO. The third-order valence-electron chi connectivity index (χ3n) is 1.89. The summed E-state index contributed by atoms with van der Waals surface area (Å²) in [6.07, 6.45) is 0.449. The van der Waals surface area contributed by atoms with Gasteiger partial charge in [0.1, 0.15) is 11.5 Å². The zero-order valence-electron chi connectivity index (χ0n) is 8.24. The highest BCUT2D eigenvalue weighted by atomic mass is 127. The van der Waals surface area contributed by atoms with Crippen LogP contribution < -0.4 is 5.32 Å². The fourth-order valence-electron chi connectivity index (χ4n) is 1.13. The lowest BCUT2D eigenvalue weighted by molar-refractivity contribution is -0.384. The van der Waals surface area contributed by atoms with E-state index >= 15 is 0 Å². The smallest absolute Gasteiger partial charge is 0.293 e. The van der Waals surface area contributed by atoms with Crippen molar-refractivity contribution in [3.8, 4) is 0 Å². The van der Waals surface area contributed by atoms with Crippen molar-refractivity contribution in [2.75, 3.05) is 18.5 Å². The molecule has 0 saturated carbocycles. The Morgan fingerprint density at radius 2 is 2.25 bits per heavy atom. The van der Waals surface area contributed by atoms with Crippen molar-refractivity contribution in [2.24, 2.45) is 0 Å². The topological polar surface area (TPSA) is 75.4 Å². The maximum Gasteiger partial charge on any atom is 0.293 e. The molecule has 0 heterocycles. The van der Waals surface area contributed by atoms with Crippen LogP contribution in [0, 0.1) is 19.5 Å². The highest BCUT2D eigenvalue weighted by Gasteiger charge is 2.16. The van der Waals surface area contributed by atoms with Crippen LogP contribution in [-0.2, 0) is 0 Å². The van der Waals surface area contributed by atoms with Crippen molar-refractivity contribution < 1.29 is 14.4 Å². The number of hydrogen-bond donors (Lipinski definition) is 2. The molecule has 16 heavy (non-hydrogen) atoms. The summed E-state index contributed by atoms with van der Waals surface area (Å²) in [6.45, 7) is 0.338. The lowest BCUT2D eigenvalue weighted by Gasteiger charge is -2.07. The van der Waals surface area contributed by atoms with Crippen LogP contribution in [0.25, 0.3) is 0 Å². The molecule has 1 aromatic carbocycles. The van der Waals surface area contributed by atoms with Gasteiger partial charge in [-0.25, -0.2) is 4.39 Å². The molecule has 0 spiro atoms. The van der Waals surface area contributed by atoms with Gasteiger partial charge < -0.3 is 10.4 Å². The van der Waals surface area contributed by atoms with Crippen LogP contribution in [0.4, 0.5) is 15.8 Å². The van der Waals surface area contributed by atoms with Crippen LogP contribution in [0.15, 0.2) is 12.1 Å². The minimum atomic E-state index is -0.567. The van der Waals surface area contributed by atoms with Crippen LogP contribution in [0.3, 0.4) is 0 Å². The predicted molar refractivity (Wildman–Crippen MR) is 66.0 cm³/mol. The number of nitrogens with one attached hydrogen (secondary N) is 1. The highest BCUT2D eigenvalue weighted by Crippen LogP contribution is 2.28. The molecule has 0 fully saturated rings. The summed E-state index contributed by atoms with van der Waals surface area (Å²) in [5.74, 6) is -0.502. The van der Waals surface area contributed by atoms with Gasteiger partial charge in [0.2, 0.25) is 0 Å². The molecular weight excluding hydrogens is 330 g/mol. The van der Waals surface area contributed by atoms with Crippen molar-refractivity contribution in [2.45, 2.75) is 6.42 Å². The van der Waals surface area contributed by atoms with E-state index in [4.69, 9.17) is 5.11 Å².